The molecule has 1 aromatic rings. The fourth-order valence-corrected chi connectivity index (χ4v) is 2.83. The number of nitrogens with zero attached hydrogens (tertiary/aromatic N) is 1. The topological polar surface area (TPSA) is 46.6 Å². The van der Waals surface area contributed by atoms with Crippen molar-refractivity contribution in [3.8, 4) is 0 Å². The molecule has 2 rings (SSSR count). The highest BCUT2D eigenvalue weighted by atomic mass is 16.6. The third-order valence-electron chi connectivity index (χ3n) is 4.10. The number of rotatable bonds is 4. The summed E-state index contributed by atoms with van der Waals surface area (Å²) in [6, 6.07) is 10.1. The van der Waals surface area contributed by atoms with Gasteiger partial charge in [0.1, 0.15) is 11.4 Å². The van der Waals surface area contributed by atoms with Crippen LogP contribution in [-0.4, -0.2) is 35.5 Å². The monoisotopic (exact) mass is 317 g/mol. The van der Waals surface area contributed by atoms with E-state index in [-0.39, 0.29) is 12.0 Å². The van der Waals surface area contributed by atoms with E-state index >= 15 is 0 Å². The van der Waals surface area contributed by atoms with Crippen LogP contribution in [-0.2, 0) is 16.0 Å². The molecule has 23 heavy (non-hydrogen) atoms. The first-order chi connectivity index (χ1) is 10.8. The Bertz CT molecular complexity index is 525. The molecule has 126 valence electrons. The van der Waals surface area contributed by atoms with Crippen molar-refractivity contribution >= 4 is 11.9 Å². The van der Waals surface area contributed by atoms with Gasteiger partial charge in [-0.1, -0.05) is 30.3 Å². The van der Waals surface area contributed by atoms with Crippen LogP contribution in [0.2, 0.25) is 0 Å². The van der Waals surface area contributed by atoms with Gasteiger partial charge in [0.25, 0.3) is 0 Å². The van der Waals surface area contributed by atoms with E-state index in [4.69, 9.17) is 4.74 Å². The second-order valence-electron chi connectivity index (χ2n) is 7.19. The van der Waals surface area contributed by atoms with Gasteiger partial charge >= 0.3 is 6.09 Å². The van der Waals surface area contributed by atoms with Gasteiger partial charge in [-0.25, -0.2) is 4.79 Å². The summed E-state index contributed by atoms with van der Waals surface area (Å²) < 4.78 is 5.38. The van der Waals surface area contributed by atoms with Gasteiger partial charge in [0, 0.05) is 25.4 Å². The van der Waals surface area contributed by atoms with E-state index in [1.165, 1.54) is 5.56 Å². The quantitative estimate of drug-likeness (QED) is 0.847. The largest absolute Gasteiger partial charge is 0.444 e. The van der Waals surface area contributed by atoms with Crippen LogP contribution in [0, 0.1) is 5.92 Å². The number of carbonyl (C=O) groups excluding carboxylic acids is 2. The van der Waals surface area contributed by atoms with Crippen molar-refractivity contribution in [3.63, 3.8) is 0 Å². The van der Waals surface area contributed by atoms with Gasteiger partial charge in [-0.15, -0.1) is 0 Å². The Balaban J connectivity index is 1.75. The Labute approximate surface area is 138 Å². The van der Waals surface area contributed by atoms with E-state index in [0.717, 1.165) is 19.3 Å². The Morgan fingerprint density at radius 2 is 1.74 bits per heavy atom. The molecule has 0 saturated carbocycles. The molecule has 1 aliphatic heterocycles. The molecule has 0 spiro atoms. The fraction of sp³-hybridized carbons (Fsp3) is 0.579. The first-order valence-electron chi connectivity index (χ1n) is 8.40. The van der Waals surface area contributed by atoms with Crippen molar-refractivity contribution in [1.29, 1.82) is 0 Å². The van der Waals surface area contributed by atoms with Gasteiger partial charge in [-0.3, -0.25) is 4.79 Å². The Morgan fingerprint density at radius 3 is 2.30 bits per heavy atom. The van der Waals surface area contributed by atoms with E-state index in [2.05, 4.69) is 12.1 Å². The van der Waals surface area contributed by atoms with Crippen LogP contribution in [0.15, 0.2) is 30.3 Å². The average molecular weight is 317 g/mol. The molecule has 0 bridgehead atoms. The number of carbonyl (C=O) groups is 2. The maximum atomic E-state index is 12.3. The summed E-state index contributed by atoms with van der Waals surface area (Å²) in [5, 5.41) is 0. The summed E-state index contributed by atoms with van der Waals surface area (Å²) in [7, 11) is 0. The minimum Gasteiger partial charge on any atom is -0.444 e. The zero-order chi connectivity index (χ0) is 16.9. The van der Waals surface area contributed by atoms with Crippen LogP contribution in [0.1, 0.15) is 45.6 Å². The summed E-state index contributed by atoms with van der Waals surface area (Å²) in [6.45, 7) is 6.81. The minimum atomic E-state index is -0.473. The molecule has 0 unspecified atom stereocenters. The third kappa shape index (κ3) is 5.70. The maximum absolute atomic E-state index is 12.3. The highest BCUT2D eigenvalue weighted by molar-refractivity contribution is 5.81. The van der Waals surface area contributed by atoms with Crippen molar-refractivity contribution < 1.29 is 14.3 Å². The summed E-state index contributed by atoms with van der Waals surface area (Å²) in [6.07, 6.45) is 2.60. The van der Waals surface area contributed by atoms with Gasteiger partial charge in [0.15, 0.2) is 0 Å². The molecule has 4 nitrogen and oxygen atoms in total. The zero-order valence-corrected chi connectivity index (χ0v) is 14.4. The summed E-state index contributed by atoms with van der Waals surface area (Å²) in [5.41, 5.74) is 0.728. The number of hydrogen-bond donors (Lipinski definition) is 0. The lowest BCUT2D eigenvalue weighted by Gasteiger charge is -2.33. The zero-order valence-electron chi connectivity index (χ0n) is 14.4. The van der Waals surface area contributed by atoms with Crippen LogP contribution in [0.3, 0.4) is 0 Å². The van der Waals surface area contributed by atoms with Gasteiger partial charge in [0.05, 0.1) is 0 Å². The lowest BCUT2D eigenvalue weighted by Crippen LogP contribution is -2.43. The minimum absolute atomic E-state index is 0.0809. The maximum Gasteiger partial charge on any atom is 0.410 e. The van der Waals surface area contributed by atoms with Crippen LogP contribution >= 0.6 is 0 Å². The second-order valence-corrected chi connectivity index (χ2v) is 7.19. The van der Waals surface area contributed by atoms with E-state index in [0.29, 0.717) is 25.3 Å². The predicted molar refractivity (Wildman–Crippen MR) is 90.3 cm³/mol. The fourth-order valence-electron chi connectivity index (χ4n) is 2.83. The van der Waals surface area contributed by atoms with Crippen LogP contribution in [0.5, 0.6) is 0 Å². The average Bonchev–Trinajstić information content (AvgIpc) is 2.52. The number of hydrogen-bond acceptors (Lipinski definition) is 3. The summed E-state index contributed by atoms with van der Waals surface area (Å²) in [5.74, 6) is 0.398. The van der Waals surface area contributed by atoms with Gasteiger partial charge in [0.2, 0.25) is 0 Å². The van der Waals surface area contributed by atoms with Crippen LogP contribution in [0.4, 0.5) is 4.79 Å². The van der Waals surface area contributed by atoms with Crippen molar-refractivity contribution in [2.45, 2.75) is 52.1 Å². The van der Waals surface area contributed by atoms with E-state index in [1.54, 1.807) is 4.90 Å². The van der Waals surface area contributed by atoms with Gasteiger partial charge < -0.3 is 9.64 Å². The molecule has 0 aliphatic carbocycles. The SMILES string of the molecule is CC(C)(C)OC(=O)N1CCC(C(=O)CCc2ccccc2)CC1. The smallest absolute Gasteiger partial charge is 0.410 e. The third-order valence-corrected chi connectivity index (χ3v) is 4.10. The van der Waals surface area contributed by atoms with Gasteiger partial charge in [-0.2, -0.15) is 0 Å². The molecule has 0 radical (unpaired) electrons. The van der Waals surface area contributed by atoms with Crippen molar-refractivity contribution in [2.24, 2.45) is 5.92 Å². The first-order valence-corrected chi connectivity index (χ1v) is 8.40. The summed E-state index contributed by atoms with van der Waals surface area (Å²) >= 11 is 0. The second kappa shape index (κ2) is 7.62. The normalized spacial score (nSPS) is 16.2. The highest BCUT2D eigenvalue weighted by Crippen LogP contribution is 2.22. The molecule has 0 atom stereocenters. The summed E-state index contributed by atoms with van der Waals surface area (Å²) in [4.78, 5) is 26.1. The molecule has 1 fully saturated rings. The van der Waals surface area contributed by atoms with Crippen LogP contribution in [0.25, 0.3) is 0 Å². The molecule has 4 heteroatoms. The lowest BCUT2D eigenvalue weighted by molar-refractivity contribution is -0.124. The first kappa shape index (κ1) is 17.5. The van der Waals surface area contributed by atoms with E-state index < -0.39 is 5.60 Å². The van der Waals surface area contributed by atoms with Crippen molar-refractivity contribution in [1.82, 2.24) is 4.90 Å². The molecule has 0 N–H and O–H groups in total. The number of likely N-dealkylation sites (tertiary alicyclic amines) is 1. The molecular formula is C19H27NO3. The number of aryl methyl sites for hydroxylation is 1. The van der Waals surface area contributed by atoms with Gasteiger partial charge in [-0.05, 0) is 45.6 Å². The highest BCUT2D eigenvalue weighted by Gasteiger charge is 2.29. The Hall–Kier alpha value is -1.84. The lowest BCUT2D eigenvalue weighted by atomic mass is 9.89. The van der Waals surface area contributed by atoms with Crippen molar-refractivity contribution in [2.75, 3.05) is 13.1 Å². The van der Waals surface area contributed by atoms with E-state index in [1.807, 2.05) is 39.0 Å². The molecule has 0 aromatic heterocycles. The predicted octanol–water partition coefficient (Wildman–Crippen LogP) is 3.84. The van der Waals surface area contributed by atoms with E-state index in [9.17, 15) is 9.59 Å². The molecule has 1 aliphatic rings. The number of Topliss-reactive ketones (excluding diaryl/α,β-unsaturated/α-hetero) is 1. The Morgan fingerprint density at radius 1 is 1.13 bits per heavy atom. The Kier molecular flexibility index (Phi) is 5.80. The number of ether oxygens (including phenoxy) is 1. The standard InChI is InChI=1S/C19H27NO3/c1-19(2,3)23-18(22)20-13-11-16(12-14-20)17(21)10-9-15-7-5-4-6-8-15/h4-8,16H,9-14H2,1-3H3. The molecule has 1 amide bonds. The van der Waals surface area contributed by atoms with Crippen molar-refractivity contribution in [3.05, 3.63) is 35.9 Å². The van der Waals surface area contributed by atoms with Crippen LogP contribution < -0.4 is 0 Å². The number of ketones is 1. The number of piperidine rings is 1. The molecule has 1 heterocycles. The number of benzene rings is 1. The number of amides is 1. The molecular weight excluding hydrogens is 290 g/mol. The molecule has 1 saturated heterocycles. The molecule has 1 aromatic carbocycles.